The summed E-state index contributed by atoms with van der Waals surface area (Å²) in [6.07, 6.45) is 1.77. The van der Waals surface area contributed by atoms with Gasteiger partial charge in [-0.1, -0.05) is 29.8 Å². The monoisotopic (exact) mass is 480 g/mol. The number of benzene rings is 1. The molecule has 0 spiro atoms. The summed E-state index contributed by atoms with van der Waals surface area (Å²) in [5, 5.41) is 12.0. The molecule has 1 aromatic carbocycles. The summed E-state index contributed by atoms with van der Waals surface area (Å²) in [6.45, 7) is 5.53. The third-order valence-electron chi connectivity index (χ3n) is 6.39. The Morgan fingerprint density at radius 3 is 2.71 bits per heavy atom. The van der Waals surface area contributed by atoms with Crippen LogP contribution in [0.25, 0.3) is 11.4 Å². The van der Waals surface area contributed by atoms with Gasteiger partial charge in [0.2, 0.25) is 0 Å². The molecule has 2 aliphatic rings. The van der Waals surface area contributed by atoms with Crippen LogP contribution < -0.4 is 0 Å². The lowest BCUT2D eigenvalue weighted by molar-refractivity contribution is -0.140. The van der Waals surface area contributed by atoms with E-state index in [2.05, 4.69) is 9.88 Å². The van der Waals surface area contributed by atoms with Crippen molar-refractivity contribution in [2.75, 3.05) is 39.4 Å². The van der Waals surface area contributed by atoms with Crippen molar-refractivity contribution in [3.63, 3.8) is 0 Å². The second-order valence-electron chi connectivity index (χ2n) is 8.48. The third kappa shape index (κ3) is 3.98. The number of nitrogens with zero attached hydrogens (tertiary/aromatic N) is 4. The summed E-state index contributed by atoms with van der Waals surface area (Å²) in [7, 11) is 0. The maximum atomic E-state index is 13.3. The number of ether oxygens (including phenoxy) is 1. The highest BCUT2D eigenvalue weighted by atomic mass is 35.5. The number of likely N-dealkylation sites (tertiary alicyclic amines) is 1. The number of halogens is 1. The second kappa shape index (κ2) is 9.21. The lowest BCUT2D eigenvalue weighted by Gasteiger charge is -2.31. The summed E-state index contributed by atoms with van der Waals surface area (Å²) in [6, 6.07) is 11.8. The number of amides is 1. The fourth-order valence-electron chi connectivity index (χ4n) is 4.73. The number of hydrogen-bond donors (Lipinski definition) is 1. The van der Waals surface area contributed by atoms with Gasteiger partial charge in [-0.2, -0.15) is 0 Å². The van der Waals surface area contributed by atoms with Gasteiger partial charge in [-0.3, -0.25) is 18.9 Å². The smallest absolute Gasteiger partial charge is 0.295 e. The highest BCUT2D eigenvalue weighted by molar-refractivity contribution is 6.46. The van der Waals surface area contributed by atoms with Crippen LogP contribution in [0.2, 0.25) is 5.02 Å². The third-order valence-corrected chi connectivity index (χ3v) is 6.63. The molecule has 1 atom stereocenters. The number of pyridine rings is 1. The normalized spacial score (nSPS) is 21.0. The molecule has 0 bridgehead atoms. The molecular formula is C25H25ClN4O4. The molecule has 34 heavy (non-hydrogen) atoms. The Morgan fingerprint density at radius 2 is 1.94 bits per heavy atom. The van der Waals surface area contributed by atoms with Crippen LogP contribution in [0.1, 0.15) is 23.0 Å². The molecule has 8 nitrogen and oxygen atoms in total. The molecule has 2 aliphatic heterocycles. The quantitative estimate of drug-likeness (QED) is 0.343. The lowest BCUT2D eigenvalue weighted by Crippen LogP contribution is -2.42. The summed E-state index contributed by atoms with van der Waals surface area (Å²) in [5.74, 6) is -1.59. The second-order valence-corrected chi connectivity index (χ2v) is 8.91. The highest BCUT2D eigenvalue weighted by Gasteiger charge is 2.46. The van der Waals surface area contributed by atoms with Gasteiger partial charge in [-0.05, 0) is 36.8 Å². The summed E-state index contributed by atoms with van der Waals surface area (Å²) in [4.78, 5) is 34.8. The van der Waals surface area contributed by atoms with E-state index in [-0.39, 0.29) is 11.3 Å². The fraction of sp³-hybridized carbons (Fsp3) is 0.320. The van der Waals surface area contributed by atoms with E-state index in [1.807, 2.05) is 24.3 Å². The molecule has 176 valence electrons. The number of aromatic nitrogens is 2. The molecule has 0 aliphatic carbocycles. The average molecular weight is 481 g/mol. The molecule has 3 aromatic rings. The van der Waals surface area contributed by atoms with Crippen molar-refractivity contribution < 1.29 is 19.4 Å². The number of imidazole rings is 1. The van der Waals surface area contributed by atoms with Gasteiger partial charge in [0.15, 0.2) is 5.76 Å². The molecule has 0 unspecified atom stereocenters. The minimum absolute atomic E-state index is 0.0444. The van der Waals surface area contributed by atoms with Crippen molar-refractivity contribution >= 4 is 34.7 Å². The van der Waals surface area contributed by atoms with Crippen molar-refractivity contribution in [2.45, 2.75) is 13.0 Å². The molecule has 0 saturated carbocycles. The zero-order valence-electron chi connectivity index (χ0n) is 18.8. The summed E-state index contributed by atoms with van der Waals surface area (Å²) in [5.41, 5.74) is 2.31. The first-order valence-corrected chi connectivity index (χ1v) is 11.6. The molecule has 1 amide bonds. The number of fused-ring (bicyclic) bond motifs is 1. The van der Waals surface area contributed by atoms with E-state index in [4.69, 9.17) is 16.3 Å². The molecule has 2 fully saturated rings. The van der Waals surface area contributed by atoms with E-state index in [1.165, 1.54) is 4.90 Å². The number of carbonyl (C=O) groups excluding carboxylic acids is 2. The maximum absolute atomic E-state index is 13.3. The van der Waals surface area contributed by atoms with Gasteiger partial charge in [0.25, 0.3) is 11.7 Å². The van der Waals surface area contributed by atoms with E-state index in [0.29, 0.717) is 53.9 Å². The summed E-state index contributed by atoms with van der Waals surface area (Å²) >= 11 is 6.27. The number of carbonyl (C=O) groups is 2. The van der Waals surface area contributed by atoms with E-state index < -0.39 is 17.7 Å². The molecule has 5 rings (SSSR count). The number of hydrogen-bond acceptors (Lipinski definition) is 6. The van der Waals surface area contributed by atoms with E-state index in [0.717, 1.165) is 13.1 Å². The van der Waals surface area contributed by atoms with Crippen LogP contribution in [0.4, 0.5) is 0 Å². The first kappa shape index (κ1) is 22.6. The molecular weight excluding hydrogens is 456 g/mol. The van der Waals surface area contributed by atoms with Crippen molar-refractivity contribution in [1.29, 1.82) is 0 Å². The topological polar surface area (TPSA) is 87.4 Å². The Balaban J connectivity index is 1.61. The Hall–Kier alpha value is -3.20. The highest BCUT2D eigenvalue weighted by Crippen LogP contribution is 2.40. The predicted octanol–water partition coefficient (Wildman–Crippen LogP) is 3.05. The average Bonchev–Trinajstić information content (AvgIpc) is 3.31. The number of rotatable bonds is 5. The molecule has 2 aromatic heterocycles. The maximum Gasteiger partial charge on any atom is 0.295 e. The number of morpholine rings is 1. The first-order valence-electron chi connectivity index (χ1n) is 11.2. The van der Waals surface area contributed by atoms with Crippen LogP contribution in [0.3, 0.4) is 0 Å². The first-order chi connectivity index (χ1) is 16.5. The molecule has 2 saturated heterocycles. The minimum atomic E-state index is -0.756. The van der Waals surface area contributed by atoms with Crippen LogP contribution >= 0.6 is 11.6 Å². The SMILES string of the molecule is Cc1nc2ccccn2c1C(O)=C1C(=O)C(=O)N(CCN2CCOCC2)[C@@H]1c1cccc(Cl)c1. The van der Waals surface area contributed by atoms with Gasteiger partial charge in [0.05, 0.1) is 30.5 Å². The zero-order chi connectivity index (χ0) is 23.8. The van der Waals surface area contributed by atoms with Crippen LogP contribution in [0, 0.1) is 6.92 Å². The van der Waals surface area contributed by atoms with Crippen LogP contribution in [-0.4, -0.2) is 75.4 Å². The minimum Gasteiger partial charge on any atom is -0.505 e. The van der Waals surface area contributed by atoms with Crippen LogP contribution in [0.15, 0.2) is 54.2 Å². The number of aliphatic hydroxyl groups is 1. The van der Waals surface area contributed by atoms with Gasteiger partial charge in [0.1, 0.15) is 11.3 Å². The van der Waals surface area contributed by atoms with Gasteiger partial charge in [-0.15, -0.1) is 0 Å². The van der Waals surface area contributed by atoms with Crippen molar-refractivity contribution in [3.05, 3.63) is 76.2 Å². The Kier molecular flexibility index (Phi) is 6.12. The Bertz CT molecular complexity index is 1300. The van der Waals surface area contributed by atoms with Gasteiger partial charge in [-0.25, -0.2) is 4.98 Å². The van der Waals surface area contributed by atoms with Gasteiger partial charge < -0.3 is 14.7 Å². The van der Waals surface area contributed by atoms with Gasteiger partial charge >= 0.3 is 0 Å². The zero-order valence-corrected chi connectivity index (χ0v) is 19.5. The lowest BCUT2D eigenvalue weighted by atomic mass is 9.96. The van der Waals surface area contributed by atoms with E-state index in [9.17, 15) is 14.7 Å². The Labute approximate surface area is 202 Å². The van der Waals surface area contributed by atoms with E-state index >= 15 is 0 Å². The number of aliphatic hydroxyl groups excluding tert-OH is 1. The van der Waals surface area contributed by atoms with Crippen LogP contribution in [-0.2, 0) is 14.3 Å². The fourth-order valence-corrected chi connectivity index (χ4v) is 4.93. The molecule has 0 radical (unpaired) electrons. The molecule has 4 heterocycles. The standard InChI is InChI=1S/C25H25ClN4O4/c1-16-21(29-8-3-2-7-19(29)27-16)23(31)20-22(17-5-4-6-18(26)15-17)30(25(33)24(20)32)10-9-28-11-13-34-14-12-28/h2-8,15,22,31H,9-14H2,1H3/t22-/m1/s1. The number of ketones is 1. The molecule has 1 N–H and O–H groups in total. The van der Waals surface area contributed by atoms with Crippen molar-refractivity contribution in [3.8, 4) is 0 Å². The largest absolute Gasteiger partial charge is 0.505 e. The number of Topliss-reactive ketones (excluding diaryl/α,β-unsaturated/α-hetero) is 1. The van der Waals surface area contributed by atoms with Crippen LogP contribution in [0.5, 0.6) is 0 Å². The molecule has 9 heteroatoms. The summed E-state index contributed by atoms with van der Waals surface area (Å²) < 4.78 is 7.13. The van der Waals surface area contributed by atoms with Crippen molar-refractivity contribution in [2.24, 2.45) is 0 Å². The van der Waals surface area contributed by atoms with Crippen molar-refractivity contribution in [1.82, 2.24) is 19.2 Å². The van der Waals surface area contributed by atoms with Gasteiger partial charge in [0, 0.05) is 37.4 Å². The number of aryl methyl sites for hydroxylation is 1. The van der Waals surface area contributed by atoms with E-state index in [1.54, 1.807) is 35.7 Å². The predicted molar refractivity (Wildman–Crippen MR) is 128 cm³/mol. The Morgan fingerprint density at radius 1 is 1.15 bits per heavy atom.